The predicted molar refractivity (Wildman–Crippen MR) is 77.8 cm³/mol. The third-order valence-corrected chi connectivity index (χ3v) is 4.35. The SMILES string of the molecule is CC1CC(Nc2cccc(CN(C)C)c2)CS1. The Bertz CT molecular complexity index is 365. The Labute approximate surface area is 109 Å². The fraction of sp³-hybridized carbons (Fsp3) is 0.571. The summed E-state index contributed by atoms with van der Waals surface area (Å²) in [5.41, 5.74) is 2.64. The minimum atomic E-state index is 0.643. The molecule has 2 rings (SSSR count). The lowest BCUT2D eigenvalue weighted by Crippen LogP contribution is -2.19. The van der Waals surface area contributed by atoms with Gasteiger partial charge in [-0.3, -0.25) is 0 Å². The second-order valence-electron chi connectivity index (χ2n) is 5.16. The number of nitrogens with zero attached hydrogens (tertiary/aromatic N) is 1. The van der Waals surface area contributed by atoms with Gasteiger partial charge in [-0.2, -0.15) is 11.8 Å². The molecule has 0 aliphatic carbocycles. The van der Waals surface area contributed by atoms with E-state index in [0.717, 1.165) is 11.8 Å². The molecule has 0 bridgehead atoms. The van der Waals surface area contributed by atoms with Crippen molar-refractivity contribution in [2.24, 2.45) is 0 Å². The molecule has 0 saturated carbocycles. The lowest BCUT2D eigenvalue weighted by Gasteiger charge is -2.15. The number of nitrogens with one attached hydrogen (secondary N) is 1. The summed E-state index contributed by atoms with van der Waals surface area (Å²) in [6.07, 6.45) is 1.28. The monoisotopic (exact) mass is 250 g/mol. The Kier molecular flexibility index (Phi) is 4.35. The van der Waals surface area contributed by atoms with Crippen LogP contribution in [-0.4, -0.2) is 36.0 Å². The maximum atomic E-state index is 3.65. The van der Waals surface area contributed by atoms with Crippen LogP contribution in [0.2, 0.25) is 0 Å². The molecule has 0 aromatic heterocycles. The number of anilines is 1. The minimum Gasteiger partial charge on any atom is -0.381 e. The summed E-state index contributed by atoms with van der Waals surface area (Å²) in [5, 5.41) is 4.45. The zero-order valence-corrected chi connectivity index (χ0v) is 11.8. The van der Waals surface area contributed by atoms with Crippen molar-refractivity contribution in [3.8, 4) is 0 Å². The highest BCUT2D eigenvalue weighted by atomic mass is 32.2. The van der Waals surface area contributed by atoms with Gasteiger partial charge in [0.15, 0.2) is 0 Å². The molecular weight excluding hydrogens is 228 g/mol. The highest BCUT2D eigenvalue weighted by Gasteiger charge is 2.21. The molecular formula is C14H22N2S. The van der Waals surface area contributed by atoms with Crippen LogP contribution in [0.5, 0.6) is 0 Å². The average Bonchev–Trinajstić information content (AvgIpc) is 2.63. The first-order chi connectivity index (χ1) is 8.13. The van der Waals surface area contributed by atoms with Crippen LogP contribution < -0.4 is 5.32 Å². The largest absolute Gasteiger partial charge is 0.381 e. The average molecular weight is 250 g/mol. The zero-order chi connectivity index (χ0) is 12.3. The van der Waals surface area contributed by atoms with E-state index in [1.54, 1.807) is 0 Å². The smallest absolute Gasteiger partial charge is 0.0362 e. The van der Waals surface area contributed by atoms with Crippen LogP contribution in [0.15, 0.2) is 24.3 Å². The lowest BCUT2D eigenvalue weighted by atomic mass is 10.1. The summed E-state index contributed by atoms with van der Waals surface area (Å²) in [7, 11) is 4.21. The maximum absolute atomic E-state index is 3.65. The van der Waals surface area contributed by atoms with Crippen molar-refractivity contribution < 1.29 is 0 Å². The first-order valence-corrected chi connectivity index (χ1v) is 7.30. The molecule has 17 heavy (non-hydrogen) atoms. The van der Waals surface area contributed by atoms with E-state index < -0.39 is 0 Å². The molecule has 1 fully saturated rings. The first kappa shape index (κ1) is 12.8. The summed E-state index contributed by atoms with van der Waals surface area (Å²) < 4.78 is 0. The number of rotatable bonds is 4. The Morgan fingerprint density at radius 1 is 1.41 bits per heavy atom. The van der Waals surface area contributed by atoms with Crippen molar-refractivity contribution in [2.75, 3.05) is 25.2 Å². The molecule has 1 aromatic rings. The van der Waals surface area contributed by atoms with Gasteiger partial charge in [0, 0.05) is 29.3 Å². The van der Waals surface area contributed by atoms with E-state index in [-0.39, 0.29) is 0 Å². The van der Waals surface area contributed by atoms with Crippen LogP contribution in [0.3, 0.4) is 0 Å². The summed E-state index contributed by atoms with van der Waals surface area (Å²) in [5.74, 6) is 1.24. The second-order valence-corrected chi connectivity index (χ2v) is 6.63. The van der Waals surface area contributed by atoms with Crippen molar-refractivity contribution in [3.05, 3.63) is 29.8 Å². The number of hydrogen-bond donors (Lipinski definition) is 1. The van der Waals surface area contributed by atoms with E-state index >= 15 is 0 Å². The number of hydrogen-bond acceptors (Lipinski definition) is 3. The molecule has 3 heteroatoms. The molecule has 1 heterocycles. The van der Waals surface area contributed by atoms with Gasteiger partial charge in [-0.1, -0.05) is 19.1 Å². The third-order valence-electron chi connectivity index (χ3n) is 2.99. The van der Waals surface area contributed by atoms with Gasteiger partial charge in [-0.05, 0) is 38.2 Å². The molecule has 2 unspecified atom stereocenters. The number of thioether (sulfide) groups is 1. The van der Waals surface area contributed by atoms with Crippen LogP contribution in [0.25, 0.3) is 0 Å². The van der Waals surface area contributed by atoms with Crippen molar-refractivity contribution in [2.45, 2.75) is 31.2 Å². The normalized spacial score (nSPS) is 24.2. The zero-order valence-electron chi connectivity index (χ0n) is 10.9. The Hall–Kier alpha value is -0.670. The van der Waals surface area contributed by atoms with E-state index in [9.17, 15) is 0 Å². The van der Waals surface area contributed by atoms with Crippen LogP contribution in [-0.2, 0) is 6.54 Å². The fourth-order valence-electron chi connectivity index (χ4n) is 2.28. The summed E-state index contributed by atoms with van der Waals surface area (Å²) >= 11 is 2.07. The Balaban J connectivity index is 1.96. The molecule has 2 nitrogen and oxygen atoms in total. The Morgan fingerprint density at radius 2 is 2.24 bits per heavy atom. The van der Waals surface area contributed by atoms with Gasteiger partial charge in [0.2, 0.25) is 0 Å². The van der Waals surface area contributed by atoms with Crippen molar-refractivity contribution in [3.63, 3.8) is 0 Å². The van der Waals surface area contributed by atoms with Gasteiger partial charge >= 0.3 is 0 Å². The molecule has 1 saturated heterocycles. The highest BCUT2D eigenvalue weighted by molar-refractivity contribution is 8.00. The second kappa shape index (κ2) is 5.78. The van der Waals surface area contributed by atoms with Crippen LogP contribution in [0.1, 0.15) is 18.9 Å². The molecule has 0 radical (unpaired) electrons. The van der Waals surface area contributed by atoms with Gasteiger partial charge in [-0.15, -0.1) is 0 Å². The van der Waals surface area contributed by atoms with Gasteiger partial charge in [0.05, 0.1) is 0 Å². The van der Waals surface area contributed by atoms with Gasteiger partial charge in [0.1, 0.15) is 0 Å². The molecule has 1 aliphatic heterocycles. The maximum Gasteiger partial charge on any atom is 0.0362 e. The van der Waals surface area contributed by atoms with E-state index in [1.807, 2.05) is 0 Å². The topological polar surface area (TPSA) is 15.3 Å². The van der Waals surface area contributed by atoms with Gasteiger partial charge < -0.3 is 10.2 Å². The number of benzene rings is 1. The van der Waals surface area contributed by atoms with Crippen LogP contribution in [0, 0.1) is 0 Å². The summed E-state index contributed by atoms with van der Waals surface area (Å²) in [4.78, 5) is 2.20. The van der Waals surface area contributed by atoms with Gasteiger partial charge in [-0.25, -0.2) is 0 Å². The lowest BCUT2D eigenvalue weighted by molar-refractivity contribution is 0.402. The molecule has 94 valence electrons. The minimum absolute atomic E-state index is 0.643. The van der Waals surface area contributed by atoms with Crippen molar-refractivity contribution in [1.29, 1.82) is 0 Å². The van der Waals surface area contributed by atoms with Crippen LogP contribution >= 0.6 is 11.8 Å². The van der Waals surface area contributed by atoms with E-state index in [2.05, 4.69) is 67.3 Å². The quantitative estimate of drug-likeness (QED) is 0.884. The molecule has 0 spiro atoms. The van der Waals surface area contributed by atoms with Crippen LogP contribution in [0.4, 0.5) is 5.69 Å². The van der Waals surface area contributed by atoms with E-state index in [1.165, 1.54) is 23.4 Å². The summed E-state index contributed by atoms with van der Waals surface area (Å²) in [6, 6.07) is 9.43. The standard InChI is InChI=1S/C14H22N2S/c1-11-7-14(10-17-11)15-13-6-4-5-12(8-13)9-16(2)3/h4-6,8,11,14-15H,7,9-10H2,1-3H3. The van der Waals surface area contributed by atoms with E-state index in [0.29, 0.717) is 6.04 Å². The fourth-order valence-corrected chi connectivity index (χ4v) is 3.43. The van der Waals surface area contributed by atoms with Crippen molar-refractivity contribution in [1.82, 2.24) is 4.90 Å². The molecule has 1 aliphatic rings. The molecule has 1 aromatic carbocycles. The highest BCUT2D eigenvalue weighted by Crippen LogP contribution is 2.28. The van der Waals surface area contributed by atoms with Crippen molar-refractivity contribution >= 4 is 17.4 Å². The van der Waals surface area contributed by atoms with Gasteiger partial charge in [0.25, 0.3) is 0 Å². The third kappa shape index (κ3) is 3.93. The first-order valence-electron chi connectivity index (χ1n) is 6.25. The molecule has 2 atom stereocenters. The summed E-state index contributed by atoms with van der Waals surface area (Å²) in [6.45, 7) is 3.32. The van der Waals surface area contributed by atoms with E-state index in [4.69, 9.17) is 0 Å². The Morgan fingerprint density at radius 3 is 2.88 bits per heavy atom. The predicted octanol–water partition coefficient (Wildman–Crippen LogP) is 3.05. The molecule has 1 N–H and O–H groups in total. The molecule has 0 amide bonds.